The van der Waals surface area contributed by atoms with Gasteiger partial charge in [-0.1, -0.05) is 44.2 Å². The number of carbonyl (C=O) groups excluding carboxylic acids is 2. The van der Waals surface area contributed by atoms with Crippen LogP contribution in [0.3, 0.4) is 0 Å². The molecule has 0 bridgehead atoms. The predicted octanol–water partition coefficient (Wildman–Crippen LogP) is 2.45. The van der Waals surface area contributed by atoms with Crippen molar-refractivity contribution in [3.05, 3.63) is 35.9 Å². The van der Waals surface area contributed by atoms with Gasteiger partial charge in [-0.25, -0.2) is 0 Å². The Hall–Kier alpha value is -1.64. The van der Waals surface area contributed by atoms with Gasteiger partial charge in [0.2, 0.25) is 5.91 Å². The number of nitrogens with zero attached hydrogens (tertiary/aromatic N) is 1. The van der Waals surface area contributed by atoms with E-state index in [1.807, 2.05) is 44.2 Å². The molecule has 1 atom stereocenters. The van der Waals surface area contributed by atoms with Gasteiger partial charge in [0, 0.05) is 12.5 Å². The normalized spacial score (nSPS) is 18.9. The van der Waals surface area contributed by atoms with Crippen molar-refractivity contribution in [2.24, 2.45) is 5.92 Å². The second-order valence-electron chi connectivity index (χ2n) is 5.46. The van der Waals surface area contributed by atoms with E-state index in [0.717, 1.165) is 24.9 Å². The van der Waals surface area contributed by atoms with Crippen LogP contribution in [0, 0.1) is 5.92 Å². The molecule has 0 aliphatic carbocycles. The zero-order valence-corrected chi connectivity index (χ0v) is 11.6. The molecule has 102 valence electrons. The predicted molar refractivity (Wildman–Crippen MR) is 74.7 cm³/mol. The number of hydrogen-bond donors (Lipinski definition) is 0. The van der Waals surface area contributed by atoms with Crippen molar-refractivity contribution >= 4 is 11.7 Å². The maximum atomic E-state index is 12.3. The topological polar surface area (TPSA) is 37.4 Å². The van der Waals surface area contributed by atoms with E-state index in [-0.39, 0.29) is 23.7 Å². The highest BCUT2D eigenvalue weighted by molar-refractivity contribution is 5.91. The summed E-state index contributed by atoms with van der Waals surface area (Å²) in [5, 5.41) is 0. The Morgan fingerprint density at radius 1 is 1.26 bits per heavy atom. The van der Waals surface area contributed by atoms with Crippen LogP contribution in [0.1, 0.15) is 32.3 Å². The molecule has 1 aliphatic rings. The van der Waals surface area contributed by atoms with E-state index in [1.54, 1.807) is 4.90 Å². The van der Waals surface area contributed by atoms with E-state index < -0.39 is 0 Å². The molecule has 1 unspecified atom stereocenters. The summed E-state index contributed by atoms with van der Waals surface area (Å²) in [5.74, 6) is 0.261. The number of benzene rings is 1. The van der Waals surface area contributed by atoms with Gasteiger partial charge in [0.25, 0.3) is 0 Å². The van der Waals surface area contributed by atoms with Crippen molar-refractivity contribution in [1.82, 2.24) is 4.90 Å². The molecule has 3 nitrogen and oxygen atoms in total. The molecule has 2 rings (SSSR count). The van der Waals surface area contributed by atoms with Crippen LogP contribution in [0.5, 0.6) is 0 Å². The van der Waals surface area contributed by atoms with Gasteiger partial charge >= 0.3 is 0 Å². The van der Waals surface area contributed by atoms with E-state index in [0.29, 0.717) is 6.42 Å². The van der Waals surface area contributed by atoms with E-state index >= 15 is 0 Å². The van der Waals surface area contributed by atoms with Crippen molar-refractivity contribution in [3.8, 4) is 0 Å². The average Bonchev–Trinajstić information content (AvgIpc) is 2.88. The molecule has 1 amide bonds. The number of carbonyl (C=O) groups is 2. The van der Waals surface area contributed by atoms with Gasteiger partial charge in [-0.3, -0.25) is 9.59 Å². The first-order valence-corrected chi connectivity index (χ1v) is 6.96. The van der Waals surface area contributed by atoms with Crippen LogP contribution in [0.2, 0.25) is 0 Å². The van der Waals surface area contributed by atoms with Gasteiger partial charge in [-0.05, 0) is 18.4 Å². The standard InChI is InChI=1S/C16H21NO2/c1-12(2)16(19)14-9-6-10-17(14)15(18)11-13-7-4-3-5-8-13/h3-5,7-8,12,14H,6,9-11H2,1-2H3. The molecule has 3 heteroatoms. The number of hydrogen-bond acceptors (Lipinski definition) is 2. The molecule has 0 N–H and O–H groups in total. The van der Waals surface area contributed by atoms with Crippen LogP contribution in [0.4, 0.5) is 0 Å². The molecule has 1 saturated heterocycles. The summed E-state index contributed by atoms with van der Waals surface area (Å²) < 4.78 is 0. The van der Waals surface area contributed by atoms with Crippen LogP contribution in [0.25, 0.3) is 0 Å². The van der Waals surface area contributed by atoms with E-state index in [2.05, 4.69) is 0 Å². The highest BCUT2D eigenvalue weighted by atomic mass is 16.2. The van der Waals surface area contributed by atoms with Crippen molar-refractivity contribution in [1.29, 1.82) is 0 Å². The molecule has 0 aromatic heterocycles. The summed E-state index contributed by atoms with van der Waals surface area (Å²) in [4.78, 5) is 26.2. The lowest BCUT2D eigenvalue weighted by Crippen LogP contribution is -2.42. The lowest BCUT2D eigenvalue weighted by atomic mass is 9.99. The zero-order valence-electron chi connectivity index (χ0n) is 11.6. The van der Waals surface area contributed by atoms with Crippen LogP contribution in [0.15, 0.2) is 30.3 Å². The number of rotatable bonds is 4. The molecular formula is C16H21NO2. The molecular weight excluding hydrogens is 238 g/mol. The Balaban J connectivity index is 2.04. The minimum absolute atomic E-state index is 0.00451. The van der Waals surface area contributed by atoms with Gasteiger partial charge in [-0.2, -0.15) is 0 Å². The minimum atomic E-state index is -0.198. The monoisotopic (exact) mass is 259 g/mol. The van der Waals surface area contributed by atoms with Gasteiger partial charge in [0.15, 0.2) is 5.78 Å². The van der Waals surface area contributed by atoms with Crippen molar-refractivity contribution in [2.45, 2.75) is 39.2 Å². The number of amides is 1. The SMILES string of the molecule is CC(C)C(=O)C1CCCN1C(=O)Cc1ccccc1. The first kappa shape index (κ1) is 13.8. The molecule has 0 radical (unpaired) electrons. The lowest BCUT2D eigenvalue weighted by Gasteiger charge is -2.25. The molecule has 1 heterocycles. The summed E-state index contributed by atoms with van der Waals surface area (Å²) in [7, 11) is 0. The van der Waals surface area contributed by atoms with Crippen molar-refractivity contribution < 1.29 is 9.59 Å². The van der Waals surface area contributed by atoms with Gasteiger partial charge in [0.1, 0.15) is 0 Å². The molecule has 0 spiro atoms. The largest absolute Gasteiger partial charge is 0.332 e. The third-order valence-electron chi connectivity index (χ3n) is 3.67. The first-order chi connectivity index (χ1) is 9.09. The Labute approximate surface area is 114 Å². The molecule has 0 saturated carbocycles. The fourth-order valence-electron chi connectivity index (χ4n) is 2.62. The molecule has 1 fully saturated rings. The number of Topliss-reactive ketones (excluding diaryl/α,β-unsaturated/α-hetero) is 1. The van der Waals surface area contributed by atoms with Crippen LogP contribution in [-0.2, 0) is 16.0 Å². The average molecular weight is 259 g/mol. The summed E-state index contributed by atoms with van der Waals surface area (Å²) in [5.41, 5.74) is 1.01. The first-order valence-electron chi connectivity index (χ1n) is 6.96. The van der Waals surface area contributed by atoms with Crippen molar-refractivity contribution in [2.75, 3.05) is 6.54 Å². The maximum Gasteiger partial charge on any atom is 0.227 e. The van der Waals surface area contributed by atoms with Gasteiger partial charge in [0.05, 0.1) is 12.5 Å². The molecule has 19 heavy (non-hydrogen) atoms. The minimum Gasteiger partial charge on any atom is -0.332 e. The maximum absolute atomic E-state index is 12.3. The smallest absolute Gasteiger partial charge is 0.227 e. The Morgan fingerprint density at radius 3 is 2.58 bits per heavy atom. The second kappa shape index (κ2) is 6.00. The van der Waals surface area contributed by atoms with Gasteiger partial charge < -0.3 is 4.90 Å². The summed E-state index contributed by atoms with van der Waals surface area (Å²) in [6.45, 7) is 4.52. The van der Waals surface area contributed by atoms with Crippen LogP contribution >= 0.6 is 0 Å². The van der Waals surface area contributed by atoms with Crippen LogP contribution < -0.4 is 0 Å². The fraction of sp³-hybridized carbons (Fsp3) is 0.500. The molecule has 1 aromatic carbocycles. The Kier molecular flexibility index (Phi) is 4.35. The summed E-state index contributed by atoms with van der Waals surface area (Å²) in [6.07, 6.45) is 2.14. The van der Waals surface area contributed by atoms with E-state index in [9.17, 15) is 9.59 Å². The van der Waals surface area contributed by atoms with E-state index in [1.165, 1.54) is 0 Å². The molecule has 1 aromatic rings. The summed E-state index contributed by atoms with van der Waals surface area (Å²) in [6, 6.07) is 9.51. The third kappa shape index (κ3) is 3.22. The number of likely N-dealkylation sites (tertiary alicyclic amines) is 1. The molecule has 1 aliphatic heterocycles. The highest BCUT2D eigenvalue weighted by Gasteiger charge is 2.34. The second-order valence-corrected chi connectivity index (χ2v) is 5.46. The third-order valence-corrected chi connectivity index (χ3v) is 3.67. The number of ketones is 1. The quantitative estimate of drug-likeness (QED) is 0.833. The fourth-order valence-corrected chi connectivity index (χ4v) is 2.62. The summed E-state index contributed by atoms with van der Waals surface area (Å²) >= 11 is 0. The van der Waals surface area contributed by atoms with E-state index in [4.69, 9.17) is 0 Å². The zero-order chi connectivity index (χ0) is 13.8. The Bertz CT molecular complexity index is 453. The van der Waals surface area contributed by atoms with Crippen molar-refractivity contribution in [3.63, 3.8) is 0 Å². The highest BCUT2D eigenvalue weighted by Crippen LogP contribution is 2.22. The lowest BCUT2D eigenvalue weighted by molar-refractivity contribution is -0.138. The Morgan fingerprint density at radius 2 is 1.95 bits per heavy atom. The van der Waals surface area contributed by atoms with Crippen LogP contribution in [-0.4, -0.2) is 29.2 Å². The van der Waals surface area contributed by atoms with Gasteiger partial charge in [-0.15, -0.1) is 0 Å².